The van der Waals surface area contributed by atoms with E-state index in [4.69, 9.17) is 104 Å². The Labute approximate surface area is 848 Å². The number of nitrogens with one attached hydrogen (secondary N) is 2. The molecule has 22 atom stereocenters. The number of nitrogens with zero attached hydrogens (tertiary/aromatic N) is 2. The van der Waals surface area contributed by atoms with Gasteiger partial charge in [-0.1, -0.05) is 84.9 Å². The number of esters is 18. The van der Waals surface area contributed by atoms with E-state index in [-0.39, 0.29) is 37.4 Å². The molecule has 0 saturated carbocycles. The van der Waals surface area contributed by atoms with Crippen LogP contribution in [0.5, 0.6) is 11.5 Å². The van der Waals surface area contributed by atoms with Crippen LogP contribution >= 0.6 is 0 Å². The molecule has 0 bridgehead atoms. The van der Waals surface area contributed by atoms with Crippen LogP contribution in [-0.4, -0.2) is 325 Å². The Hall–Kier alpha value is -15.3. The molecule has 0 spiro atoms. The first-order chi connectivity index (χ1) is 69.7. The smallest absolute Gasteiger partial charge is 0.303 e. The van der Waals surface area contributed by atoms with E-state index < -0.39 is 318 Å². The highest BCUT2D eigenvalue weighted by atomic mass is 16.7. The molecule has 0 aliphatic carbocycles. The summed E-state index contributed by atoms with van der Waals surface area (Å²) in [6, 6.07) is 24.7. The van der Waals surface area contributed by atoms with Crippen LogP contribution in [0, 0.1) is 0 Å². The Bertz CT molecular complexity index is 4970. The molecule has 50 heteroatoms. The first-order valence-electron chi connectivity index (χ1n) is 46.0. The molecule has 0 unspecified atom stereocenters. The van der Waals surface area contributed by atoms with Crippen molar-refractivity contribution < 1.29 is 220 Å². The number of carbonyl (C=O) groups is 22. The van der Waals surface area contributed by atoms with E-state index in [1.165, 1.54) is 48.5 Å². The Morgan fingerprint density at radius 3 is 0.791 bits per heavy atom. The second-order valence-corrected chi connectivity index (χ2v) is 33.5. The van der Waals surface area contributed by atoms with Gasteiger partial charge in [0.1, 0.15) is 62.2 Å². The van der Waals surface area contributed by atoms with E-state index in [1.54, 1.807) is 60.7 Å². The van der Waals surface area contributed by atoms with Gasteiger partial charge in [0.05, 0.1) is 0 Å². The fourth-order valence-electron chi connectivity index (χ4n) is 15.8. The maximum Gasteiger partial charge on any atom is 0.303 e. The number of rotatable bonds is 53. The number of aliphatic hydroxyl groups excluding tert-OH is 2. The minimum atomic E-state index is -2.34. The summed E-state index contributed by atoms with van der Waals surface area (Å²) < 4.78 is 123. The van der Waals surface area contributed by atoms with Crippen molar-refractivity contribution in [2.45, 2.75) is 298 Å². The van der Waals surface area contributed by atoms with Crippen molar-refractivity contribution in [2.75, 3.05) is 39.5 Å². The number of aliphatic hydroxyl groups is 2. The lowest BCUT2D eigenvalue weighted by molar-refractivity contribution is -0.272. The van der Waals surface area contributed by atoms with E-state index in [2.05, 4.69) is 10.6 Å². The summed E-state index contributed by atoms with van der Waals surface area (Å²) in [5.74, 6) is -23.3. The Morgan fingerprint density at radius 2 is 0.534 bits per heavy atom. The van der Waals surface area contributed by atoms with Crippen LogP contribution in [0.1, 0.15) is 160 Å². The molecule has 0 aromatic heterocycles. The molecule has 6 rings (SSSR count). The lowest BCUT2D eigenvalue weighted by Crippen LogP contribution is -2.67. The number of amides is 4. The lowest BCUT2D eigenvalue weighted by atomic mass is 9.93. The maximum atomic E-state index is 15.0. The molecule has 4 aromatic rings. The summed E-state index contributed by atoms with van der Waals surface area (Å²) in [4.78, 5) is 292. The van der Waals surface area contributed by atoms with Gasteiger partial charge in [-0.15, -0.1) is 0 Å². The predicted molar refractivity (Wildman–Crippen MR) is 492 cm³/mol. The van der Waals surface area contributed by atoms with Crippen LogP contribution in [0.3, 0.4) is 0 Å². The van der Waals surface area contributed by atoms with Gasteiger partial charge in [0, 0.05) is 164 Å². The molecular formula is C98H122N4O46. The van der Waals surface area contributed by atoms with Gasteiger partial charge in [0.15, 0.2) is 98.0 Å². The second-order valence-electron chi connectivity index (χ2n) is 33.5. The topological polar surface area (TPSA) is 650 Å². The van der Waals surface area contributed by atoms with Crippen LogP contribution in [0.15, 0.2) is 109 Å². The highest BCUT2D eigenvalue weighted by molar-refractivity contribution is 5.86. The second kappa shape index (κ2) is 59.3. The zero-order valence-electron chi connectivity index (χ0n) is 84.3. The summed E-state index contributed by atoms with van der Waals surface area (Å²) in [6.07, 6.45) is -40.2. The molecule has 4 aromatic carbocycles. The molecule has 2 saturated heterocycles. The molecule has 50 nitrogen and oxygen atoms in total. The number of ether oxygens (including phenoxy) is 22. The van der Waals surface area contributed by atoms with Crippen molar-refractivity contribution in [3.8, 4) is 11.5 Å². The average Bonchev–Trinajstić information content (AvgIpc) is 0.770. The molecule has 0 radical (unpaired) electrons. The van der Waals surface area contributed by atoms with Gasteiger partial charge < -0.3 is 135 Å². The number of hydrogen-bond acceptors (Lipinski definition) is 46. The van der Waals surface area contributed by atoms with E-state index in [1.807, 2.05) is 0 Å². The maximum absolute atomic E-state index is 15.0. The van der Waals surface area contributed by atoms with Gasteiger partial charge in [0.25, 0.3) is 11.8 Å². The third kappa shape index (κ3) is 40.6. The van der Waals surface area contributed by atoms with Gasteiger partial charge in [-0.05, 0) is 59.4 Å². The van der Waals surface area contributed by atoms with Crippen molar-refractivity contribution in [3.05, 3.63) is 131 Å². The van der Waals surface area contributed by atoms with Crippen LogP contribution in [0.2, 0.25) is 0 Å². The monoisotopic (exact) mass is 2090 g/mol. The first kappa shape index (κ1) is 121. The van der Waals surface area contributed by atoms with Crippen molar-refractivity contribution in [1.29, 1.82) is 0 Å². The van der Waals surface area contributed by atoms with Crippen LogP contribution < -0.4 is 20.1 Å². The molecule has 2 fully saturated rings. The summed E-state index contributed by atoms with van der Waals surface area (Å²) in [7, 11) is 0. The molecule has 148 heavy (non-hydrogen) atoms. The Kier molecular flexibility index (Phi) is 48.6. The van der Waals surface area contributed by atoms with Crippen LogP contribution in [-0.2, 0) is 226 Å². The average molecular weight is 2090 g/mol. The fraction of sp³-hybridized carbons (Fsp3) is 0.531. The van der Waals surface area contributed by atoms with Gasteiger partial charge in [0.2, 0.25) is 24.0 Å². The third-order valence-electron chi connectivity index (χ3n) is 21.2. The molecule has 2 heterocycles. The van der Waals surface area contributed by atoms with Gasteiger partial charge in [-0.25, -0.2) is 0 Å². The summed E-state index contributed by atoms with van der Waals surface area (Å²) >= 11 is 0. The van der Waals surface area contributed by atoms with Gasteiger partial charge in [-0.2, -0.15) is 0 Å². The number of aryl methyl sites for hydroxylation is 2. The van der Waals surface area contributed by atoms with E-state index in [0.29, 0.717) is 22.3 Å². The molecule has 810 valence electrons. The van der Waals surface area contributed by atoms with E-state index >= 15 is 9.59 Å². The summed E-state index contributed by atoms with van der Waals surface area (Å²) in [5.41, 5.74) is 1.80. The molecular weight excluding hydrogens is 1970 g/mol. The van der Waals surface area contributed by atoms with Gasteiger partial charge in [-0.3, -0.25) is 105 Å². The van der Waals surface area contributed by atoms with Crippen molar-refractivity contribution in [3.63, 3.8) is 0 Å². The minimum absolute atomic E-state index is 0.0475. The largest absolute Gasteiger partial charge is 0.490 e. The summed E-state index contributed by atoms with van der Waals surface area (Å²) in [5, 5.41) is 29.2. The summed E-state index contributed by atoms with van der Waals surface area (Å²) in [6.45, 7) is 11.2. The minimum Gasteiger partial charge on any atom is -0.490 e. The Balaban J connectivity index is 1.23. The van der Waals surface area contributed by atoms with Crippen molar-refractivity contribution in [2.24, 2.45) is 0 Å². The zero-order chi connectivity index (χ0) is 110. The third-order valence-corrected chi connectivity index (χ3v) is 21.2. The standard InChI is InChI=1S/C98H122N4O46/c1-49(103)127-45-75(131-51(3)105)87(139-59(11)113)91(143-63(15)117)93(145-65(17)119)95(123)99-41-73-83(135-55(7)109)89(141-61(13)115)81(97(125)147-73)101(43-69-25-21-19-22-26-69)79(121)39-33-67-29-35-71(36-30-67)129-47-77(133-53(5)107)85(137-57(9)111)86(138-58(10)112)78(134-54(6)108)48-130-72-37-31-68(32-38-72)34-40-80(122)102(44-70-27-23-20-24-28-70)82-90(142-62(14)116)84(136-56(8)110)74(148-98(82)126)42-100-96(124)94(146-66(18)120)92(144-64(16)118)88(140-60(12)114)76(132-52(4)106)46-128-50(2)104/h19-32,35-38,73-78,81-94,97-98,125-126H,33-34,39-48H2,1-18H3,(H,99,123)(H,100,124)/t73-,74-,75-,76-,77-,78+,81+,82+,83-,84-,85+,86-,87-,88-,89-,90-,91+,92+,93-,94-,97+,98+/m1/s1. The molecule has 2 aliphatic rings. The lowest BCUT2D eigenvalue weighted by Gasteiger charge is -2.47. The number of benzene rings is 4. The van der Waals surface area contributed by atoms with Gasteiger partial charge >= 0.3 is 107 Å². The van der Waals surface area contributed by atoms with Crippen molar-refractivity contribution in [1.82, 2.24) is 20.4 Å². The highest BCUT2D eigenvalue weighted by Gasteiger charge is 2.57. The molecule has 4 amide bonds. The van der Waals surface area contributed by atoms with Crippen LogP contribution in [0.25, 0.3) is 0 Å². The highest BCUT2D eigenvalue weighted by Crippen LogP contribution is 2.36. The predicted octanol–water partition coefficient (Wildman–Crippen LogP) is 1.50. The molecule has 4 N–H and O–H groups in total. The number of carbonyl (C=O) groups excluding carboxylic acids is 22. The first-order valence-corrected chi connectivity index (χ1v) is 46.0. The van der Waals surface area contributed by atoms with Crippen molar-refractivity contribution >= 4 is 131 Å². The quantitative estimate of drug-likeness (QED) is 0.0359. The normalized spacial score (nSPS) is 19.5. The number of hydrogen-bond donors (Lipinski definition) is 4. The van der Waals surface area contributed by atoms with Crippen LogP contribution in [0.4, 0.5) is 0 Å². The van der Waals surface area contributed by atoms with E-state index in [9.17, 15) is 106 Å². The zero-order valence-corrected chi connectivity index (χ0v) is 84.3. The fourth-order valence-corrected chi connectivity index (χ4v) is 15.8. The molecule has 2 aliphatic heterocycles. The Morgan fingerprint density at radius 1 is 0.284 bits per heavy atom. The van der Waals surface area contributed by atoms with E-state index in [0.717, 1.165) is 134 Å². The SMILES string of the molecule is CC(=O)OC[C@@H](OC(C)=O)[C@@H](OC(C)=O)[C@H](OC(C)=O)[C@@H](OC(C)=O)C(=O)NC[C@H]1O[C@H](O)[C@@H](N(Cc2ccccc2)C(=O)CCc2ccc(OC[C@H](OC(C)=O)[C@@H](OC(C)=O)[C@@H](OC(C)=O)[C@@H](COc3ccc(CCC(=O)N(Cc4ccccc4)[C@H]4[C@@H](OC(C)=O)[C@H](OC(C)=O)[C@@H](CNC(=O)[C@H](OC(C)=O)[C@@H](OC(C)=O)[C@H](OC(C)=O)[C@@H](COC(C)=O)OC(C)=O)O[C@@H]4O)cc3)OC(C)=O)cc2)[C@@H](OC(C)=O)[C@@H]1OC(C)=O.